The number of amides is 1. The Bertz CT molecular complexity index is 869. The number of carbonyl (C=O) groups is 2. The van der Waals surface area contributed by atoms with Crippen molar-refractivity contribution >= 4 is 17.6 Å². The van der Waals surface area contributed by atoms with Crippen molar-refractivity contribution in [2.45, 2.75) is 51.9 Å². The molecule has 0 aromatic heterocycles. The first-order chi connectivity index (χ1) is 13.9. The molecule has 1 N–H and O–H groups in total. The molecule has 0 aliphatic heterocycles. The lowest BCUT2D eigenvalue weighted by Gasteiger charge is -2.26. The number of methoxy groups -OCH3 is 1. The van der Waals surface area contributed by atoms with E-state index in [1.807, 2.05) is 12.1 Å². The van der Waals surface area contributed by atoms with Gasteiger partial charge in [0.15, 0.2) is 11.5 Å². The van der Waals surface area contributed by atoms with Crippen molar-refractivity contribution in [1.82, 2.24) is 0 Å². The number of nitrogens with one attached hydrogen (secondary N) is 1. The summed E-state index contributed by atoms with van der Waals surface area (Å²) in [4.78, 5) is 23.7. The van der Waals surface area contributed by atoms with Crippen LogP contribution in [0.3, 0.4) is 0 Å². The second-order valence-electron chi connectivity index (χ2n) is 7.89. The van der Waals surface area contributed by atoms with Crippen molar-refractivity contribution in [2.24, 2.45) is 5.92 Å². The minimum absolute atomic E-state index is 0.0956. The van der Waals surface area contributed by atoms with Gasteiger partial charge in [0.1, 0.15) is 0 Å². The first-order valence-corrected chi connectivity index (χ1v) is 10.2. The Hall–Kier alpha value is -2.82. The monoisotopic (exact) mass is 395 g/mol. The summed E-state index contributed by atoms with van der Waals surface area (Å²) in [6, 6.07) is 13.3. The number of ether oxygens (including phenoxy) is 2. The molecule has 1 fully saturated rings. The average molecular weight is 395 g/mol. The van der Waals surface area contributed by atoms with Crippen molar-refractivity contribution < 1.29 is 19.1 Å². The second kappa shape index (κ2) is 9.59. The maximum Gasteiger partial charge on any atom is 0.308 e. The summed E-state index contributed by atoms with van der Waals surface area (Å²) in [5.41, 5.74) is 2.92. The SMILES string of the molecule is COc1cc(CC(=O)Nc2cccc(C3CCC(C)CC3)c2)ccc1OC(C)=O. The third-order valence-electron chi connectivity index (χ3n) is 5.50. The summed E-state index contributed by atoms with van der Waals surface area (Å²) in [5, 5.41) is 3.00. The normalized spacial score (nSPS) is 18.7. The van der Waals surface area contributed by atoms with Gasteiger partial charge in [0, 0.05) is 12.6 Å². The summed E-state index contributed by atoms with van der Waals surface area (Å²) < 4.78 is 10.4. The molecule has 1 aliphatic carbocycles. The van der Waals surface area contributed by atoms with Crippen LogP contribution in [0.5, 0.6) is 11.5 Å². The molecule has 0 spiro atoms. The summed E-state index contributed by atoms with van der Waals surface area (Å²) in [6.07, 6.45) is 5.18. The fourth-order valence-electron chi connectivity index (χ4n) is 3.92. The fourth-order valence-corrected chi connectivity index (χ4v) is 3.92. The molecule has 0 bridgehead atoms. The topological polar surface area (TPSA) is 64.6 Å². The molecule has 0 atom stereocenters. The number of esters is 1. The number of benzene rings is 2. The third kappa shape index (κ3) is 5.83. The van der Waals surface area contributed by atoms with Crippen molar-refractivity contribution in [3.8, 4) is 11.5 Å². The van der Waals surface area contributed by atoms with Crippen molar-refractivity contribution in [3.05, 3.63) is 53.6 Å². The van der Waals surface area contributed by atoms with Crippen LogP contribution in [-0.4, -0.2) is 19.0 Å². The Morgan fingerprint density at radius 3 is 2.48 bits per heavy atom. The first kappa shape index (κ1) is 20.9. The molecule has 1 aliphatic rings. The zero-order valence-electron chi connectivity index (χ0n) is 17.4. The van der Waals surface area contributed by atoms with Gasteiger partial charge in [0.05, 0.1) is 13.5 Å². The molecule has 5 heteroatoms. The maximum absolute atomic E-state index is 12.5. The van der Waals surface area contributed by atoms with Gasteiger partial charge in [-0.1, -0.05) is 38.0 Å². The highest BCUT2D eigenvalue weighted by Gasteiger charge is 2.20. The van der Waals surface area contributed by atoms with Gasteiger partial charge in [0.2, 0.25) is 5.91 Å². The molecule has 2 aromatic carbocycles. The molecule has 0 radical (unpaired) electrons. The van der Waals surface area contributed by atoms with Gasteiger partial charge >= 0.3 is 5.97 Å². The van der Waals surface area contributed by atoms with E-state index in [9.17, 15) is 9.59 Å². The quantitative estimate of drug-likeness (QED) is 0.546. The highest BCUT2D eigenvalue weighted by molar-refractivity contribution is 5.92. The van der Waals surface area contributed by atoms with Gasteiger partial charge in [-0.25, -0.2) is 0 Å². The summed E-state index contributed by atoms with van der Waals surface area (Å²) in [6.45, 7) is 3.66. The Labute approximate surface area is 172 Å². The van der Waals surface area contributed by atoms with Gasteiger partial charge < -0.3 is 14.8 Å². The van der Waals surface area contributed by atoms with Crippen LogP contribution in [0.1, 0.15) is 56.6 Å². The highest BCUT2D eigenvalue weighted by atomic mass is 16.6. The van der Waals surface area contributed by atoms with E-state index in [1.54, 1.807) is 18.2 Å². The van der Waals surface area contributed by atoms with E-state index in [1.165, 1.54) is 45.3 Å². The van der Waals surface area contributed by atoms with E-state index in [0.717, 1.165) is 17.2 Å². The Balaban J connectivity index is 1.63. The van der Waals surface area contributed by atoms with Crippen LogP contribution in [-0.2, 0) is 16.0 Å². The van der Waals surface area contributed by atoms with E-state index in [-0.39, 0.29) is 12.3 Å². The molecule has 29 heavy (non-hydrogen) atoms. The van der Waals surface area contributed by atoms with Crippen LogP contribution in [0.4, 0.5) is 5.69 Å². The molecule has 0 heterocycles. The summed E-state index contributed by atoms with van der Waals surface area (Å²) in [7, 11) is 1.50. The van der Waals surface area contributed by atoms with Crippen LogP contribution in [0.15, 0.2) is 42.5 Å². The van der Waals surface area contributed by atoms with Crippen LogP contribution in [0, 0.1) is 5.92 Å². The van der Waals surface area contributed by atoms with Crippen LogP contribution < -0.4 is 14.8 Å². The largest absolute Gasteiger partial charge is 0.493 e. The molecule has 154 valence electrons. The van der Waals surface area contributed by atoms with Crippen LogP contribution in [0.2, 0.25) is 0 Å². The van der Waals surface area contributed by atoms with Gasteiger partial charge in [-0.15, -0.1) is 0 Å². The molecule has 1 amide bonds. The van der Waals surface area contributed by atoms with Gasteiger partial charge in [0.25, 0.3) is 0 Å². The van der Waals surface area contributed by atoms with E-state index < -0.39 is 5.97 Å². The van der Waals surface area contributed by atoms with Gasteiger partial charge in [-0.3, -0.25) is 9.59 Å². The highest BCUT2D eigenvalue weighted by Crippen LogP contribution is 2.36. The first-order valence-electron chi connectivity index (χ1n) is 10.2. The molecule has 2 aromatic rings. The van der Waals surface area contributed by atoms with Crippen molar-refractivity contribution in [2.75, 3.05) is 12.4 Å². The molecule has 3 rings (SSSR count). The van der Waals surface area contributed by atoms with E-state index in [0.29, 0.717) is 17.4 Å². The standard InChI is InChI=1S/C24H29NO4/c1-16-7-10-19(11-8-16)20-5-4-6-21(15-20)25-24(27)14-18-9-12-22(29-17(2)26)23(13-18)28-3/h4-6,9,12-13,15-16,19H,7-8,10-11,14H2,1-3H3,(H,25,27). The van der Waals surface area contributed by atoms with E-state index in [4.69, 9.17) is 9.47 Å². The summed E-state index contributed by atoms with van der Waals surface area (Å²) in [5.74, 6) is 1.67. The molecule has 5 nitrogen and oxygen atoms in total. The van der Waals surface area contributed by atoms with Crippen molar-refractivity contribution in [1.29, 1.82) is 0 Å². The van der Waals surface area contributed by atoms with E-state index >= 15 is 0 Å². The zero-order valence-corrected chi connectivity index (χ0v) is 17.4. The fraction of sp³-hybridized carbons (Fsp3) is 0.417. The molecule has 0 saturated heterocycles. The smallest absolute Gasteiger partial charge is 0.308 e. The lowest BCUT2D eigenvalue weighted by Crippen LogP contribution is -2.15. The Morgan fingerprint density at radius 2 is 1.79 bits per heavy atom. The van der Waals surface area contributed by atoms with Crippen molar-refractivity contribution in [3.63, 3.8) is 0 Å². The number of rotatable bonds is 6. The van der Waals surface area contributed by atoms with Gasteiger partial charge in [-0.2, -0.15) is 0 Å². The zero-order chi connectivity index (χ0) is 20.8. The third-order valence-corrected chi connectivity index (χ3v) is 5.50. The number of hydrogen-bond acceptors (Lipinski definition) is 4. The number of hydrogen-bond donors (Lipinski definition) is 1. The minimum atomic E-state index is -0.416. The van der Waals surface area contributed by atoms with Crippen LogP contribution >= 0.6 is 0 Å². The summed E-state index contributed by atoms with van der Waals surface area (Å²) >= 11 is 0. The lowest BCUT2D eigenvalue weighted by atomic mass is 9.79. The molecular weight excluding hydrogens is 366 g/mol. The second-order valence-corrected chi connectivity index (χ2v) is 7.89. The minimum Gasteiger partial charge on any atom is -0.493 e. The van der Waals surface area contributed by atoms with E-state index in [2.05, 4.69) is 24.4 Å². The number of carbonyl (C=O) groups excluding carboxylic acids is 2. The van der Waals surface area contributed by atoms with Crippen LogP contribution in [0.25, 0.3) is 0 Å². The molecule has 0 unspecified atom stereocenters. The maximum atomic E-state index is 12.5. The predicted molar refractivity (Wildman–Crippen MR) is 113 cm³/mol. The number of anilines is 1. The molecule has 1 saturated carbocycles. The predicted octanol–water partition coefficient (Wildman–Crippen LogP) is 5.10. The Kier molecular flexibility index (Phi) is 6.91. The Morgan fingerprint density at radius 1 is 1.03 bits per heavy atom. The molecular formula is C24H29NO4. The van der Waals surface area contributed by atoms with Gasteiger partial charge in [-0.05, 0) is 60.1 Å². The lowest BCUT2D eigenvalue weighted by molar-refractivity contribution is -0.132. The average Bonchev–Trinajstić information content (AvgIpc) is 2.69.